The molecule has 0 heterocycles. The predicted molar refractivity (Wildman–Crippen MR) is 94.8 cm³/mol. The van der Waals surface area contributed by atoms with Crippen LogP contribution in [-0.4, -0.2) is 44.5 Å². The molecule has 0 radical (unpaired) electrons. The maximum absolute atomic E-state index is 12.2. The lowest BCUT2D eigenvalue weighted by Crippen LogP contribution is -2.37. The second-order valence-electron chi connectivity index (χ2n) is 5.49. The summed E-state index contributed by atoms with van der Waals surface area (Å²) in [6, 6.07) is 14.5. The van der Waals surface area contributed by atoms with Crippen molar-refractivity contribution in [1.82, 2.24) is 10.2 Å². The number of nitrogens with zero attached hydrogens (tertiary/aromatic N) is 1. The van der Waals surface area contributed by atoms with Gasteiger partial charge in [-0.3, -0.25) is 9.59 Å². The quantitative estimate of drug-likeness (QED) is 0.837. The molecule has 0 spiro atoms. The van der Waals surface area contributed by atoms with E-state index < -0.39 is 0 Å². The molecule has 2 rings (SSSR count). The van der Waals surface area contributed by atoms with Crippen molar-refractivity contribution < 1.29 is 19.1 Å². The molecule has 132 valence electrons. The van der Waals surface area contributed by atoms with Crippen LogP contribution in [0.1, 0.15) is 15.9 Å². The Labute approximate surface area is 147 Å². The summed E-state index contributed by atoms with van der Waals surface area (Å²) in [5.74, 6) is 0.487. The highest BCUT2D eigenvalue weighted by Crippen LogP contribution is 2.27. The fourth-order valence-electron chi connectivity index (χ4n) is 2.32. The van der Waals surface area contributed by atoms with E-state index in [-0.39, 0.29) is 18.4 Å². The van der Waals surface area contributed by atoms with Crippen LogP contribution in [0.2, 0.25) is 0 Å². The van der Waals surface area contributed by atoms with E-state index in [1.165, 1.54) is 14.2 Å². The third-order valence-corrected chi connectivity index (χ3v) is 3.73. The second-order valence-corrected chi connectivity index (χ2v) is 5.49. The highest BCUT2D eigenvalue weighted by atomic mass is 16.5. The zero-order valence-electron chi connectivity index (χ0n) is 14.6. The number of rotatable bonds is 7. The fourth-order valence-corrected chi connectivity index (χ4v) is 2.32. The fraction of sp³-hybridized carbons (Fsp3) is 0.263. The molecule has 0 aliphatic carbocycles. The first-order valence-corrected chi connectivity index (χ1v) is 7.83. The maximum atomic E-state index is 12.2. The number of carbonyl (C=O) groups excluding carboxylic acids is 2. The summed E-state index contributed by atoms with van der Waals surface area (Å²) in [5, 5.41) is 2.63. The van der Waals surface area contributed by atoms with Gasteiger partial charge in [-0.2, -0.15) is 0 Å². The van der Waals surface area contributed by atoms with Crippen LogP contribution in [-0.2, 0) is 11.3 Å². The van der Waals surface area contributed by atoms with Crippen molar-refractivity contribution in [1.29, 1.82) is 0 Å². The van der Waals surface area contributed by atoms with Crippen molar-refractivity contribution in [3.63, 3.8) is 0 Å². The summed E-state index contributed by atoms with van der Waals surface area (Å²) in [5.41, 5.74) is 1.43. The number of carbonyl (C=O) groups is 2. The van der Waals surface area contributed by atoms with Crippen LogP contribution in [0.4, 0.5) is 0 Å². The molecule has 0 aromatic heterocycles. The van der Waals surface area contributed by atoms with Gasteiger partial charge in [0.15, 0.2) is 11.5 Å². The van der Waals surface area contributed by atoms with Crippen LogP contribution in [0.25, 0.3) is 0 Å². The van der Waals surface area contributed by atoms with Crippen molar-refractivity contribution in [2.45, 2.75) is 6.54 Å². The molecule has 0 aliphatic rings. The van der Waals surface area contributed by atoms with E-state index in [9.17, 15) is 9.59 Å². The molecule has 25 heavy (non-hydrogen) atoms. The van der Waals surface area contributed by atoms with Gasteiger partial charge in [0.25, 0.3) is 5.91 Å². The van der Waals surface area contributed by atoms with Crippen LogP contribution in [0.5, 0.6) is 11.5 Å². The van der Waals surface area contributed by atoms with Gasteiger partial charge < -0.3 is 19.7 Å². The van der Waals surface area contributed by atoms with Gasteiger partial charge >= 0.3 is 0 Å². The molecule has 0 bridgehead atoms. The van der Waals surface area contributed by atoms with Crippen molar-refractivity contribution in [2.75, 3.05) is 27.8 Å². The van der Waals surface area contributed by atoms with Crippen molar-refractivity contribution in [3.8, 4) is 11.5 Å². The van der Waals surface area contributed by atoms with Crippen LogP contribution in [0.3, 0.4) is 0 Å². The summed E-state index contributed by atoms with van der Waals surface area (Å²) in [4.78, 5) is 26.0. The largest absolute Gasteiger partial charge is 0.493 e. The minimum absolute atomic E-state index is 0.0729. The number of ether oxygens (including phenoxy) is 2. The van der Waals surface area contributed by atoms with Crippen LogP contribution >= 0.6 is 0 Å². The molecule has 0 aliphatic heterocycles. The standard InChI is InChI=1S/C19H22N2O4/c1-21(13-14-7-5-4-6-8-14)18(22)12-20-19(23)15-9-10-16(24-2)17(11-15)25-3/h4-11H,12-13H2,1-3H3,(H,20,23). The first kappa shape index (κ1) is 18.3. The lowest BCUT2D eigenvalue weighted by atomic mass is 10.2. The molecule has 0 atom stereocenters. The third kappa shape index (κ3) is 4.97. The lowest BCUT2D eigenvalue weighted by Gasteiger charge is -2.17. The summed E-state index contributed by atoms with van der Waals surface area (Å²) in [7, 11) is 4.73. The SMILES string of the molecule is COc1ccc(C(=O)NCC(=O)N(C)Cc2ccccc2)cc1OC. The van der Waals surface area contributed by atoms with E-state index >= 15 is 0 Å². The van der Waals surface area contributed by atoms with E-state index in [0.29, 0.717) is 23.6 Å². The number of likely N-dealkylation sites (N-methyl/N-ethyl adjacent to an activating group) is 1. The smallest absolute Gasteiger partial charge is 0.251 e. The van der Waals surface area contributed by atoms with Crippen LogP contribution in [0.15, 0.2) is 48.5 Å². The van der Waals surface area contributed by atoms with E-state index in [1.807, 2.05) is 30.3 Å². The summed E-state index contributed by atoms with van der Waals surface area (Å²) in [6.07, 6.45) is 0. The van der Waals surface area contributed by atoms with Crippen LogP contribution in [0, 0.1) is 0 Å². The molecule has 2 amide bonds. The number of hydrogen-bond donors (Lipinski definition) is 1. The van der Waals surface area contributed by atoms with Gasteiger partial charge in [0.2, 0.25) is 5.91 Å². The molecule has 6 heteroatoms. The molecule has 2 aromatic rings. The Balaban J connectivity index is 1.91. The zero-order valence-corrected chi connectivity index (χ0v) is 14.6. The summed E-state index contributed by atoms with van der Waals surface area (Å²) >= 11 is 0. The van der Waals surface area contributed by atoms with Gasteiger partial charge in [-0.1, -0.05) is 30.3 Å². The Kier molecular flexibility index (Phi) is 6.39. The number of nitrogens with one attached hydrogen (secondary N) is 1. The van der Waals surface area contributed by atoms with Gasteiger partial charge in [0.1, 0.15) is 0 Å². The molecule has 6 nitrogen and oxygen atoms in total. The zero-order chi connectivity index (χ0) is 18.2. The highest BCUT2D eigenvalue weighted by molar-refractivity contribution is 5.97. The Hall–Kier alpha value is -3.02. The lowest BCUT2D eigenvalue weighted by molar-refractivity contribution is -0.129. The second kappa shape index (κ2) is 8.73. The number of methoxy groups -OCH3 is 2. The summed E-state index contributed by atoms with van der Waals surface area (Å²) in [6.45, 7) is 0.419. The van der Waals surface area contributed by atoms with E-state index in [0.717, 1.165) is 5.56 Å². The third-order valence-electron chi connectivity index (χ3n) is 3.73. The van der Waals surface area contributed by atoms with Gasteiger partial charge in [-0.25, -0.2) is 0 Å². The van der Waals surface area contributed by atoms with Crippen molar-refractivity contribution >= 4 is 11.8 Å². The number of amides is 2. The molecule has 0 unspecified atom stereocenters. The monoisotopic (exact) mass is 342 g/mol. The number of hydrogen-bond acceptors (Lipinski definition) is 4. The van der Waals surface area contributed by atoms with Gasteiger partial charge in [0, 0.05) is 19.2 Å². The average molecular weight is 342 g/mol. The molecule has 0 saturated carbocycles. The van der Waals surface area contributed by atoms with Crippen molar-refractivity contribution in [2.24, 2.45) is 0 Å². The molecule has 1 N–H and O–H groups in total. The predicted octanol–water partition coefficient (Wildman–Crippen LogP) is 2.09. The molecule has 2 aromatic carbocycles. The minimum atomic E-state index is -0.345. The Bertz CT molecular complexity index is 731. The Morgan fingerprint density at radius 1 is 1.00 bits per heavy atom. The van der Waals surface area contributed by atoms with Gasteiger partial charge in [-0.15, -0.1) is 0 Å². The average Bonchev–Trinajstić information content (AvgIpc) is 2.65. The van der Waals surface area contributed by atoms with Gasteiger partial charge in [-0.05, 0) is 23.8 Å². The Morgan fingerprint density at radius 2 is 1.68 bits per heavy atom. The minimum Gasteiger partial charge on any atom is -0.493 e. The first-order valence-electron chi connectivity index (χ1n) is 7.83. The number of benzene rings is 2. The topological polar surface area (TPSA) is 67.9 Å². The maximum Gasteiger partial charge on any atom is 0.251 e. The Morgan fingerprint density at radius 3 is 2.32 bits per heavy atom. The summed E-state index contributed by atoms with van der Waals surface area (Å²) < 4.78 is 10.3. The van der Waals surface area contributed by atoms with E-state index in [2.05, 4.69) is 5.32 Å². The normalized spacial score (nSPS) is 10.0. The molecular formula is C19H22N2O4. The van der Waals surface area contributed by atoms with Gasteiger partial charge in [0.05, 0.1) is 20.8 Å². The molecular weight excluding hydrogens is 320 g/mol. The van der Waals surface area contributed by atoms with E-state index in [1.54, 1.807) is 30.1 Å². The van der Waals surface area contributed by atoms with Crippen LogP contribution < -0.4 is 14.8 Å². The molecule has 0 fully saturated rings. The highest BCUT2D eigenvalue weighted by Gasteiger charge is 2.14. The van der Waals surface area contributed by atoms with E-state index in [4.69, 9.17) is 9.47 Å². The van der Waals surface area contributed by atoms with Crippen molar-refractivity contribution in [3.05, 3.63) is 59.7 Å². The first-order chi connectivity index (χ1) is 12.0. The molecule has 0 saturated heterocycles.